The van der Waals surface area contributed by atoms with E-state index in [1.807, 2.05) is 31.2 Å². The van der Waals surface area contributed by atoms with E-state index in [0.717, 1.165) is 25.0 Å². The SMILES string of the molecule is CC[C@@H](C[C@H]1COC(N)=N1)Oc1ccc(Cl)cc1.C[C@H](C[C@H]1COC(N)=N1)Oc1ccc(Cl)c(Cl)c1. The standard InChI is InChI=1S/C13H17ClN2O2.C12H14Cl2N2O2/c1-2-11(7-10-8-17-13(15)16-10)18-12-5-3-9(14)4-6-12;1-7(4-8-6-17-12(15)16-8)18-9-2-3-10(13)11(14)5-9/h3-6,10-11H,2,7-8H2,1H3,(H2,15,16);2-3,5,7-8H,4,6H2,1H3,(H2,15,16)/t10-,11-;7-,8+/m01/s1. The average molecular weight is 558 g/mol. The number of aliphatic imine (C=N–C) groups is 2. The molecule has 2 heterocycles. The van der Waals surface area contributed by atoms with Crippen molar-refractivity contribution in [3.63, 3.8) is 0 Å². The van der Waals surface area contributed by atoms with Crippen molar-refractivity contribution < 1.29 is 18.9 Å². The van der Waals surface area contributed by atoms with Gasteiger partial charge >= 0.3 is 0 Å². The molecule has 0 saturated heterocycles. The second kappa shape index (κ2) is 13.7. The number of halogens is 3. The largest absolute Gasteiger partial charge is 0.491 e. The van der Waals surface area contributed by atoms with E-state index in [1.54, 1.807) is 18.2 Å². The van der Waals surface area contributed by atoms with Gasteiger partial charge in [-0.3, -0.25) is 0 Å². The Morgan fingerprint density at radius 2 is 1.44 bits per heavy atom. The predicted octanol–water partition coefficient (Wildman–Crippen LogP) is 5.47. The summed E-state index contributed by atoms with van der Waals surface area (Å²) in [6.07, 6.45) is 2.55. The quantitative estimate of drug-likeness (QED) is 0.423. The zero-order valence-electron chi connectivity index (χ0n) is 20.2. The number of ether oxygens (including phenoxy) is 4. The first kappa shape index (κ1) is 28.0. The van der Waals surface area contributed by atoms with Gasteiger partial charge in [0.15, 0.2) is 0 Å². The highest BCUT2D eigenvalue weighted by atomic mass is 35.5. The molecule has 0 aliphatic carbocycles. The van der Waals surface area contributed by atoms with Crippen molar-refractivity contribution in [2.75, 3.05) is 13.2 Å². The molecule has 196 valence electrons. The summed E-state index contributed by atoms with van der Waals surface area (Å²) in [5, 5.41) is 1.70. The van der Waals surface area contributed by atoms with Crippen LogP contribution in [0.3, 0.4) is 0 Å². The molecule has 0 spiro atoms. The number of hydrogen-bond donors (Lipinski definition) is 2. The lowest BCUT2D eigenvalue weighted by Crippen LogP contribution is -2.22. The average Bonchev–Trinajstić information content (AvgIpc) is 3.44. The lowest BCUT2D eigenvalue weighted by atomic mass is 10.1. The number of nitrogens with two attached hydrogens (primary N) is 2. The molecule has 0 unspecified atom stereocenters. The first-order chi connectivity index (χ1) is 17.2. The summed E-state index contributed by atoms with van der Waals surface area (Å²) in [7, 11) is 0. The Hall–Kier alpha value is -2.55. The Bertz CT molecular complexity index is 1050. The molecular formula is C25H31Cl3N4O4. The van der Waals surface area contributed by atoms with Crippen molar-refractivity contribution in [2.45, 2.75) is 57.4 Å². The van der Waals surface area contributed by atoms with Gasteiger partial charge in [0, 0.05) is 23.9 Å². The van der Waals surface area contributed by atoms with Crippen molar-refractivity contribution >= 4 is 46.8 Å². The molecule has 36 heavy (non-hydrogen) atoms. The van der Waals surface area contributed by atoms with Gasteiger partial charge in [-0.25, -0.2) is 9.98 Å². The monoisotopic (exact) mass is 556 g/mol. The molecule has 2 aromatic rings. The van der Waals surface area contributed by atoms with Gasteiger partial charge in [0.25, 0.3) is 12.0 Å². The Balaban J connectivity index is 0.000000201. The van der Waals surface area contributed by atoms with E-state index in [2.05, 4.69) is 16.9 Å². The minimum absolute atomic E-state index is 0.00880. The van der Waals surface area contributed by atoms with Gasteiger partial charge < -0.3 is 30.4 Å². The molecule has 2 aliphatic rings. The van der Waals surface area contributed by atoms with Gasteiger partial charge in [0.2, 0.25) is 0 Å². The predicted molar refractivity (Wildman–Crippen MR) is 145 cm³/mol. The Labute approximate surface area is 226 Å². The van der Waals surface area contributed by atoms with Crippen LogP contribution in [0.15, 0.2) is 52.4 Å². The molecule has 4 N–H and O–H groups in total. The van der Waals surface area contributed by atoms with Gasteiger partial charge in [-0.2, -0.15) is 0 Å². The van der Waals surface area contributed by atoms with Crippen molar-refractivity contribution in [1.29, 1.82) is 0 Å². The van der Waals surface area contributed by atoms with Gasteiger partial charge in [-0.1, -0.05) is 41.7 Å². The smallest absolute Gasteiger partial charge is 0.282 e. The third-order valence-electron chi connectivity index (χ3n) is 5.41. The van der Waals surface area contributed by atoms with E-state index >= 15 is 0 Å². The maximum absolute atomic E-state index is 5.92. The summed E-state index contributed by atoms with van der Waals surface area (Å²) in [4.78, 5) is 8.35. The number of amidine groups is 2. The lowest BCUT2D eigenvalue weighted by molar-refractivity contribution is 0.168. The molecule has 0 fully saturated rings. The normalized spacial score (nSPS) is 20.1. The molecule has 0 bridgehead atoms. The minimum Gasteiger partial charge on any atom is -0.491 e. The van der Waals surface area contributed by atoms with Crippen molar-refractivity contribution in [1.82, 2.24) is 0 Å². The number of benzene rings is 2. The zero-order valence-corrected chi connectivity index (χ0v) is 22.5. The highest BCUT2D eigenvalue weighted by Crippen LogP contribution is 2.27. The van der Waals surface area contributed by atoms with Crippen LogP contribution in [-0.2, 0) is 9.47 Å². The van der Waals surface area contributed by atoms with Crippen LogP contribution in [0.4, 0.5) is 0 Å². The van der Waals surface area contributed by atoms with E-state index in [0.29, 0.717) is 34.0 Å². The van der Waals surface area contributed by atoms with Crippen LogP contribution in [-0.4, -0.2) is 49.5 Å². The maximum atomic E-state index is 5.92. The van der Waals surface area contributed by atoms with Crippen LogP contribution in [0.2, 0.25) is 15.1 Å². The van der Waals surface area contributed by atoms with Crippen molar-refractivity contribution in [3.05, 3.63) is 57.5 Å². The zero-order chi connectivity index (χ0) is 26.1. The third kappa shape index (κ3) is 9.15. The van der Waals surface area contributed by atoms with Crippen LogP contribution >= 0.6 is 34.8 Å². The van der Waals surface area contributed by atoms with Gasteiger partial charge in [-0.15, -0.1) is 0 Å². The number of nitrogens with zero attached hydrogens (tertiary/aromatic N) is 2. The minimum atomic E-state index is -0.00880. The maximum Gasteiger partial charge on any atom is 0.282 e. The Kier molecular flexibility index (Phi) is 10.6. The van der Waals surface area contributed by atoms with E-state index in [4.69, 9.17) is 65.2 Å². The molecule has 0 radical (unpaired) electrons. The summed E-state index contributed by atoms with van der Waals surface area (Å²) in [5.41, 5.74) is 10.9. The molecule has 2 aliphatic heterocycles. The molecule has 0 aromatic heterocycles. The second-order valence-electron chi connectivity index (χ2n) is 8.44. The first-order valence-electron chi connectivity index (χ1n) is 11.7. The molecule has 0 saturated carbocycles. The summed E-state index contributed by atoms with van der Waals surface area (Å²) in [5.74, 6) is 1.51. The molecule has 11 heteroatoms. The number of hydrogen-bond acceptors (Lipinski definition) is 8. The summed E-state index contributed by atoms with van der Waals surface area (Å²) >= 11 is 17.6. The van der Waals surface area contributed by atoms with Crippen LogP contribution < -0.4 is 20.9 Å². The molecule has 8 nitrogen and oxygen atoms in total. The van der Waals surface area contributed by atoms with Crippen LogP contribution in [0, 0.1) is 0 Å². The highest BCUT2D eigenvalue weighted by Gasteiger charge is 2.22. The van der Waals surface area contributed by atoms with Gasteiger partial charge in [0.1, 0.15) is 30.8 Å². The fourth-order valence-electron chi connectivity index (χ4n) is 3.63. The van der Waals surface area contributed by atoms with Gasteiger partial charge in [0.05, 0.1) is 28.2 Å². The molecule has 2 aromatic carbocycles. The molecule has 0 amide bonds. The lowest BCUT2D eigenvalue weighted by Gasteiger charge is -2.19. The van der Waals surface area contributed by atoms with Crippen molar-refractivity contribution in [2.24, 2.45) is 21.5 Å². The first-order valence-corrected chi connectivity index (χ1v) is 12.8. The number of rotatable bonds is 9. The van der Waals surface area contributed by atoms with Crippen LogP contribution in [0.25, 0.3) is 0 Å². The molecule has 4 atom stereocenters. The molecule has 4 rings (SSSR count). The third-order valence-corrected chi connectivity index (χ3v) is 6.40. The van der Waals surface area contributed by atoms with E-state index < -0.39 is 0 Å². The summed E-state index contributed by atoms with van der Waals surface area (Å²) in [6.45, 7) is 5.11. The Morgan fingerprint density at radius 1 is 0.861 bits per heavy atom. The van der Waals surface area contributed by atoms with E-state index in [-0.39, 0.29) is 36.3 Å². The molecular weight excluding hydrogens is 527 g/mol. The van der Waals surface area contributed by atoms with Crippen LogP contribution in [0.1, 0.15) is 33.1 Å². The fourth-order valence-corrected chi connectivity index (χ4v) is 4.05. The topological polar surface area (TPSA) is 114 Å². The van der Waals surface area contributed by atoms with Gasteiger partial charge in [-0.05, 0) is 49.7 Å². The van der Waals surface area contributed by atoms with E-state index in [9.17, 15) is 0 Å². The fraction of sp³-hybridized carbons (Fsp3) is 0.440. The summed E-state index contributed by atoms with van der Waals surface area (Å²) < 4.78 is 21.8. The highest BCUT2D eigenvalue weighted by molar-refractivity contribution is 6.42. The second-order valence-corrected chi connectivity index (χ2v) is 9.69. The van der Waals surface area contributed by atoms with Crippen molar-refractivity contribution in [3.8, 4) is 11.5 Å². The summed E-state index contributed by atoms with van der Waals surface area (Å²) in [6, 6.07) is 13.3. The Morgan fingerprint density at radius 3 is 1.97 bits per heavy atom. The van der Waals surface area contributed by atoms with Crippen LogP contribution in [0.5, 0.6) is 11.5 Å². The van der Waals surface area contributed by atoms with E-state index in [1.165, 1.54) is 0 Å².